The second-order valence-corrected chi connectivity index (χ2v) is 2.97. The molecule has 1 N–H and O–H groups in total. The van der Waals surface area contributed by atoms with E-state index >= 15 is 0 Å². The van der Waals surface area contributed by atoms with E-state index in [1.807, 2.05) is 12.2 Å². The Morgan fingerprint density at radius 1 is 1.36 bits per heavy atom. The number of allylic oxidation sites excluding steroid dienone is 2. The highest BCUT2D eigenvalue weighted by atomic mass is 16.1. The molecule has 1 rings (SSSR count). The van der Waals surface area contributed by atoms with Gasteiger partial charge in [-0.15, -0.1) is 0 Å². The zero-order valence-corrected chi connectivity index (χ0v) is 6.87. The molecule has 0 heterocycles. The quantitative estimate of drug-likeness (QED) is 0.639. The largest absolute Gasteiger partial charge is 0.305 e. The Labute approximate surface area is 67.0 Å². The van der Waals surface area contributed by atoms with E-state index in [-0.39, 0.29) is 11.8 Å². The number of carbonyl (C=O) groups is 1. The minimum absolute atomic E-state index is 0.0757. The lowest BCUT2D eigenvalue weighted by Gasteiger charge is -2.15. The molecule has 0 atom stereocenters. The fraction of sp³-hybridized carbons (Fsp3) is 0.444. The highest BCUT2D eigenvalue weighted by Gasteiger charge is 2.06. The lowest BCUT2D eigenvalue weighted by molar-refractivity contribution is -0.110. The van der Waals surface area contributed by atoms with Crippen LogP contribution in [-0.4, -0.2) is 17.9 Å². The molecule has 0 unspecified atom stereocenters. The zero-order chi connectivity index (χ0) is 8.27. The number of hydrogen-bond acceptors (Lipinski definition) is 2. The molecule has 2 heteroatoms. The van der Waals surface area contributed by atoms with Crippen molar-refractivity contribution in [2.24, 2.45) is 0 Å². The summed E-state index contributed by atoms with van der Waals surface area (Å²) >= 11 is 0. The van der Waals surface area contributed by atoms with Gasteiger partial charge in [0.15, 0.2) is 5.78 Å². The molecule has 1 aliphatic carbocycles. The van der Waals surface area contributed by atoms with Crippen LogP contribution in [0.25, 0.3) is 0 Å². The van der Waals surface area contributed by atoms with Crippen LogP contribution in [0.5, 0.6) is 0 Å². The molecule has 0 amide bonds. The van der Waals surface area contributed by atoms with Crippen molar-refractivity contribution in [3.05, 3.63) is 24.3 Å². The third kappa shape index (κ3) is 2.68. The van der Waals surface area contributed by atoms with Crippen molar-refractivity contribution < 1.29 is 4.79 Å². The van der Waals surface area contributed by atoms with E-state index in [0.29, 0.717) is 6.04 Å². The molecule has 11 heavy (non-hydrogen) atoms. The highest BCUT2D eigenvalue weighted by Crippen LogP contribution is 1.99. The molecule has 0 fully saturated rings. The van der Waals surface area contributed by atoms with Gasteiger partial charge in [-0.3, -0.25) is 4.79 Å². The van der Waals surface area contributed by atoms with Gasteiger partial charge in [-0.1, -0.05) is 26.0 Å². The smallest absolute Gasteiger partial charge is 0.178 e. The number of ketones is 1. The summed E-state index contributed by atoms with van der Waals surface area (Å²) in [6.07, 6.45) is 6.95. The molecular weight excluding hydrogens is 138 g/mol. The Morgan fingerprint density at radius 3 is 2.36 bits per heavy atom. The SMILES string of the molecule is CC(C)NC1C=CC(=O)C=C1. The predicted octanol–water partition coefficient (Wildman–Crippen LogP) is 1.05. The first kappa shape index (κ1) is 8.21. The summed E-state index contributed by atoms with van der Waals surface area (Å²) in [6.45, 7) is 4.16. The third-order valence-corrected chi connectivity index (χ3v) is 1.46. The van der Waals surface area contributed by atoms with E-state index in [4.69, 9.17) is 0 Å². The van der Waals surface area contributed by atoms with Crippen molar-refractivity contribution in [2.75, 3.05) is 0 Å². The van der Waals surface area contributed by atoms with Gasteiger partial charge in [-0.2, -0.15) is 0 Å². The average molecular weight is 151 g/mol. The van der Waals surface area contributed by atoms with Crippen LogP contribution in [-0.2, 0) is 4.79 Å². The molecule has 0 saturated heterocycles. The maximum absolute atomic E-state index is 10.7. The van der Waals surface area contributed by atoms with E-state index in [1.54, 1.807) is 12.2 Å². The summed E-state index contributed by atoms with van der Waals surface area (Å²) in [5.74, 6) is 0.0757. The molecule has 0 bridgehead atoms. The van der Waals surface area contributed by atoms with Gasteiger partial charge in [-0.25, -0.2) is 0 Å². The number of rotatable bonds is 2. The summed E-state index contributed by atoms with van der Waals surface area (Å²) in [7, 11) is 0. The van der Waals surface area contributed by atoms with E-state index in [0.717, 1.165) is 0 Å². The minimum Gasteiger partial charge on any atom is -0.305 e. The van der Waals surface area contributed by atoms with Crippen molar-refractivity contribution in [2.45, 2.75) is 25.9 Å². The lowest BCUT2D eigenvalue weighted by Crippen LogP contribution is -2.32. The van der Waals surface area contributed by atoms with Crippen molar-refractivity contribution >= 4 is 5.78 Å². The molecule has 60 valence electrons. The first-order chi connectivity index (χ1) is 5.18. The van der Waals surface area contributed by atoms with E-state index in [2.05, 4.69) is 19.2 Å². The Hall–Kier alpha value is -0.890. The Balaban J connectivity index is 2.45. The van der Waals surface area contributed by atoms with Crippen LogP contribution >= 0.6 is 0 Å². The van der Waals surface area contributed by atoms with Gasteiger partial charge in [0, 0.05) is 12.1 Å². The van der Waals surface area contributed by atoms with Gasteiger partial charge in [0.2, 0.25) is 0 Å². The van der Waals surface area contributed by atoms with Crippen molar-refractivity contribution in [3.8, 4) is 0 Å². The van der Waals surface area contributed by atoms with Crippen LogP contribution in [0.3, 0.4) is 0 Å². The summed E-state index contributed by atoms with van der Waals surface area (Å²) in [5, 5.41) is 3.28. The summed E-state index contributed by atoms with van der Waals surface area (Å²) in [5.41, 5.74) is 0. The number of carbonyl (C=O) groups excluding carboxylic acids is 1. The topological polar surface area (TPSA) is 29.1 Å². The summed E-state index contributed by atoms with van der Waals surface area (Å²) in [6, 6.07) is 0.676. The van der Waals surface area contributed by atoms with Crippen molar-refractivity contribution in [1.82, 2.24) is 5.32 Å². The van der Waals surface area contributed by atoms with Crippen LogP contribution in [0.2, 0.25) is 0 Å². The van der Waals surface area contributed by atoms with E-state index in [1.165, 1.54) is 0 Å². The first-order valence-corrected chi connectivity index (χ1v) is 3.85. The van der Waals surface area contributed by atoms with Gasteiger partial charge in [0.25, 0.3) is 0 Å². The number of nitrogens with one attached hydrogen (secondary N) is 1. The molecular formula is C9H13NO. The van der Waals surface area contributed by atoms with Crippen LogP contribution in [0, 0.1) is 0 Å². The summed E-state index contributed by atoms with van der Waals surface area (Å²) in [4.78, 5) is 10.7. The van der Waals surface area contributed by atoms with Crippen LogP contribution in [0.4, 0.5) is 0 Å². The second kappa shape index (κ2) is 3.49. The van der Waals surface area contributed by atoms with Gasteiger partial charge in [-0.05, 0) is 12.2 Å². The molecule has 0 radical (unpaired) electrons. The fourth-order valence-corrected chi connectivity index (χ4v) is 1.01. The monoisotopic (exact) mass is 151 g/mol. The standard InChI is InChI=1S/C9H13NO/c1-7(2)10-8-3-5-9(11)6-4-8/h3-8,10H,1-2H3. The molecule has 0 spiro atoms. The number of hydrogen-bond donors (Lipinski definition) is 1. The highest BCUT2D eigenvalue weighted by molar-refractivity contribution is 6.00. The molecule has 0 aromatic heterocycles. The van der Waals surface area contributed by atoms with Crippen molar-refractivity contribution in [1.29, 1.82) is 0 Å². The predicted molar refractivity (Wildman–Crippen MR) is 45.3 cm³/mol. The van der Waals surface area contributed by atoms with Crippen LogP contribution < -0.4 is 5.32 Å². The van der Waals surface area contributed by atoms with Gasteiger partial charge in [0.1, 0.15) is 0 Å². The van der Waals surface area contributed by atoms with E-state index in [9.17, 15) is 4.79 Å². The second-order valence-electron chi connectivity index (χ2n) is 2.97. The maximum atomic E-state index is 10.7. The lowest BCUT2D eigenvalue weighted by atomic mass is 10.1. The Bertz CT molecular complexity index is 188. The summed E-state index contributed by atoms with van der Waals surface area (Å²) < 4.78 is 0. The fourth-order valence-electron chi connectivity index (χ4n) is 1.01. The molecule has 2 nitrogen and oxygen atoms in total. The third-order valence-electron chi connectivity index (χ3n) is 1.46. The normalized spacial score (nSPS) is 18.3. The Kier molecular flexibility index (Phi) is 2.60. The van der Waals surface area contributed by atoms with Crippen LogP contribution in [0.15, 0.2) is 24.3 Å². The van der Waals surface area contributed by atoms with Gasteiger partial charge in [0.05, 0.1) is 0 Å². The van der Waals surface area contributed by atoms with Crippen LogP contribution in [0.1, 0.15) is 13.8 Å². The van der Waals surface area contributed by atoms with Gasteiger partial charge >= 0.3 is 0 Å². The molecule has 1 aliphatic rings. The minimum atomic E-state index is 0.0757. The van der Waals surface area contributed by atoms with Gasteiger partial charge < -0.3 is 5.32 Å². The maximum Gasteiger partial charge on any atom is 0.178 e. The zero-order valence-electron chi connectivity index (χ0n) is 6.87. The Morgan fingerprint density at radius 2 is 1.91 bits per heavy atom. The molecule has 0 aliphatic heterocycles. The molecule has 0 aromatic rings. The van der Waals surface area contributed by atoms with Crippen molar-refractivity contribution in [3.63, 3.8) is 0 Å². The first-order valence-electron chi connectivity index (χ1n) is 3.85. The molecule has 0 aromatic carbocycles. The average Bonchev–Trinajstić information content (AvgIpc) is 1.93. The molecule has 0 saturated carbocycles. The van der Waals surface area contributed by atoms with E-state index < -0.39 is 0 Å².